The normalized spacial score (nSPS) is 15.0. The van der Waals surface area contributed by atoms with Gasteiger partial charge in [-0.1, -0.05) is 69.5 Å². The zero-order chi connectivity index (χ0) is 22.7. The summed E-state index contributed by atoms with van der Waals surface area (Å²) in [7, 11) is 0. The first-order valence-electron chi connectivity index (χ1n) is 9.56. The highest BCUT2D eigenvalue weighted by atomic mass is 79.9. The fourth-order valence-corrected chi connectivity index (χ4v) is 4.61. The summed E-state index contributed by atoms with van der Waals surface area (Å²) >= 11 is 16.5. The fraction of sp³-hybridized carbons (Fsp3) is 0.0833. The molecule has 0 spiro atoms. The molecule has 1 aliphatic heterocycles. The molecule has 1 heterocycles. The van der Waals surface area contributed by atoms with E-state index < -0.39 is 0 Å². The van der Waals surface area contributed by atoms with E-state index in [1.807, 2.05) is 36.4 Å². The van der Waals surface area contributed by atoms with Gasteiger partial charge in [-0.3, -0.25) is 14.5 Å². The molecule has 0 radical (unpaired) electrons. The average Bonchev–Trinajstić information content (AvgIpc) is 3.03. The maximum absolute atomic E-state index is 13.0. The fourth-order valence-electron chi connectivity index (χ4n) is 3.08. The Morgan fingerprint density at radius 1 is 1.00 bits per heavy atom. The second-order valence-corrected chi connectivity index (χ2v) is 9.71. The summed E-state index contributed by atoms with van der Waals surface area (Å²) in [6, 6.07) is 20.1. The third-order valence-electron chi connectivity index (χ3n) is 4.73. The summed E-state index contributed by atoms with van der Waals surface area (Å²) < 4.78 is 6.82. The van der Waals surface area contributed by atoms with Crippen molar-refractivity contribution < 1.29 is 14.3 Å². The number of hydrogen-bond acceptors (Lipinski definition) is 4. The van der Waals surface area contributed by atoms with Crippen molar-refractivity contribution in [1.82, 2.24) is 4.90 Å². The highest BCUT2D eigenvalue weighted by Crippen LogP contribution is 2.36. The monoisotopic (exact) mass is 547 g/mol. The topological polar surface area (TPSA) is 46.6 Å². The molecule has 2 amide bonds. The number of rotatable bonds is 6. The molecule has 0 N–H and O–H groups in total. The lowest BCUT2D eigenvalue weighted by Gasteiger charge is -2.13. The molecule has 0 saturated carbocycles. The number of thioether (sulfide) groups is 1. The first-order valence-corrected chi connectivity index (χ1v) is 11.9. The van der Waals surface area contributed by atoms with Gasteiger partial charge in [0.1, 0.15) is 12.4 Å². The van der Waals surface area contributed by atoms with E-state index in [-0.39, 0.29) is 17.7 Å². The van der Waals surface area contributed by atoms with Gasteiger partial charge in [0.15, 0.2) is 0 Å². The molecule has 0 aliphatic carbocycles. The molecular formula is C24H16BrCl2NO3S. The number of carbonyl (C=O) groups is 2. The Morgan fingerprint density at radius 3 is 2.50 bits per heavy atom. The number of hydrogen-bond donors (Lipinski definition) is 0. The highest BCUT2D eigenvalue weighted by molar-refractivity contribution is 9.10. The number of benzene rings is 3. The lowest BCUT2D eigenvalue weighted by atomic mass is 10.1. The smallest absolute Gasteiger partial charge is 0.293 e. The number of ether oxygens (including phenoxy) is 1. The van der Waals surface area contributed by atoms with Crippen LogP contribution in [0.5, 0.6) is 5.75 Å². The minimum atomic E-state index is -0.358. The van der Waals surface area contributed by atoms with Crippen LogP contribution in [0.1, 0.15) is 16.7 Å². The third-order valence-corrected chi connectivity index (χ3v) is 6.75. The van der Waals surface area contributed by atoms with Gasteiger partial charge in [0, 0.05) is 20.1 Å². The molecule has 4 rings (SSSR count). The summed E-state index contributed by atoms with van der Waals surface area (Å²) in [4.78, 5) is 27.0. The molecule has 0 atom stereocenters. The van der Waals surface area contributed by atoms with Crippen LogP contribution >= 0.6 is 50.9 Å². The van der Waals surface area contributed by atoms with E-state index in [2.05, 4.69) is 15.9 Å². The number of amides is 2. The van der Waals surface area contributed by atoms with Gasteiger partial charge in [-0.05, 0) is 65.4 Å². The molecule has 3 aromatic carbocycles. The second kappa shape index (κ2) is 10.1. The van der Waals surface area contributed by atoms with Crippen molar-refractivity contribution in [2.24, 2.45) is 0 Å². The molecule has 4 nitrogen and oxygen atoms in total. The van der Waals surface area contributed by atoms with Crippen LogP contribution in [0, 0.1) is 0 Å². The molecule has 0 bridgehead atoms. The van der Waals surface area contributed by atoms with Gasteiger partial charge in [-0.15, -0.1) is 0 Å². The van der Waals surface area contributed by atoms with Crippen LogP contribution < -0.4 is 4.74 Å². The van der Waals surface area contributed by atoms with Crippen LogP contribution in [0.25, 0.3) is 6.08 Å². The largest absolute Gasteiger partial charge is 0.488 e. The molecule has 3 aromatic rings. The first kappa shape index (κ1) is 22.9. The van der Waals surface area contributed by atoms with Crippen LogP contribution in [-0.2, 0) is 17.9 Å². The van der Waals surface area contributed by atoms with E-state index in [9.17, 15) is 9.59 Å². The van der Waals surface area contributed by atoms with Gasteiger partial charge in [0.05, 0.1) is 11.4 Å². The quantitative estimate of drug-likeness (QED) is 0.298. The van der Waals surface area contributed by atoms with Gasteiger partial charge in [0.2, 0.25) is 0 Å². The molecule has 1 fully saturated rings. The SMILES string of the molecule is O=C1S/C(=C/c2cc(Br)ccc2OCc2ccc(Cl)cc2)C(=O)N1Cc1ccccc1Cl. The van der Waals surface area contributed by atoms with Crippen LogP contribution in [0.3, 0.4) is 0 Å². The van der Waals surface area contributed by atoms with E-state index in [0.717, 1.165) is 21.8 Å². The van der Waals surface area contributed by atoms with Gasteiger partial charge in [0.25, 0.3) is 11.1 Å². The summed E-state index contributed by atoms with van der Waals surface area (Å²) in [5.41, 5.74) is 2.37. The molecule has 32 heavy (non-hydrogen) atoms. The molecule has 1 saturated heterocycles. The van der Waals surface area contributed by atoms with Crippen LogP contribution in [0.2, 0.25) is 10.0 Å². The predicted molar refractivity (Wildman–Crippen MR) is 133 cm³/mol. The zero-order valence-corrected chi connectivity index (χ0v) is 20.5. The maximum atomic E-state index is 13.0. The van der Waals surface area contributed by atoms with Gasteiger partial charge < -0.3 is 4.74 Å². The number of carbonyl (C=O) groups excluding carboxylic acids is 2. The third kappa shape index (κ3) is 5.38. The Balaban J connectivity index is 1.55. The molecule has 162 valence electrons. The van der Waals surface area contributed by atoms with Crippen molar-refractivity contribution >= 4 is 68.1 Å². The van der Waals surface area contributed by atoms with Crippen molar-refractivity contribution in [1.29, 1.82) is 0 Å². The number of imide groups is 1. The number of nitrogens with zero attached hydrogens (tertiary/aromatic N) is 1. The Morgan fingerprint density at radius 2 is 1.75 bits per heavy atom. The predicted octanol–water partition coefficient (Wildman–Crippen LogP) is 7.57. The summed E-state index contributed by atoms with van der Waals surface area (Å²) in [6.45, 7) is 0.466. The molecule has 8 heteroatoms. The Labute approximate surface area is 208 Å². The lowest BCUT2D eigenvalue weighted by molar-refractivity contribution is -0.123. The summed E-state index contributed by atoms with van der Waals surface area (Å²) in [6.07, 6.45) is 1.68. The molecular weight excluding hydrogens is 533 g/mol. The minimum Gasteiger partial charge on any atom is -0.488 e. The standard InChI is InChI=1S/C24H16BrCl2NO3S/c25-18-7-10-21(31-14-15-5-8-19(26)9-6-15)17(11-18)12-22-23(29)28(24(30)32-22)13-16-3-1-2-4-20(16)27/h1-12H,13-14H2/b22-12+. The molecule has 1 aliphatic rings. The second-order valence-electron chi connectivity index (χ2n) is 6.96. The summed E-state index contributed by atoms with van der Waals surface area (Å²) in [5.74, 6) is 0.240. The van der Waals surface area contributed by atoms with E-state index in [4.69, 9.17) is 27.9 Å². The Bertz CT molecular complexity index is 1210. The Hall–Kier alpha value is -2.25. The Kier molecular flexibility index (Phi) is 7.26. The lowest BCUT2D eigenvalue weighted by Crippen LogP contribution is -2.27. The minimum absolute atomic E-state index is 0.125. The van der Waals surface area contributed by atoms with Crippen molar-refractivity contribution in [2.75, 3.05) is 0 Å². The van der Waals surface area contributed by atoms with Crippen molar-refractivity contribution in [3.8, 4) is 5.75 Å². The van der Waals surface area contributed by atoms with E-state index in [0.29, 0.717) is 38.4 Å². The van der Waals surface area contributed by atoms with Crippen LogP contribution in [0.15, 0.2) is 76.1 Å². The van der Waals surface area contributed by atoms with Crippen molar-refractivity contribution in [3.05, 3.63) is 103 Å². The van der Waals surface area contributed by atoms with E-state index in [1.165, 1.54) is 4.90 Å². The molecule has 0 unspecified atom stereocenters. The first-order chi connectivity index (χ1) is 15.4. The highest BCUT2D eigenvalue weighted by Gasteiger charge is 2.35. The van der Waals surface area contributed by atoms with Crippen molar-refractivity contribution in [3.63, 3.8) is 0 Å². The maximum Gasteiger partial charge on any atom is 0.293 e. The number of halogens is 3. The average molecular weight is 549 g/mol. The van der Waals surface area contributed by atoms with Crippen LogP contribution in [0.4, 0.5) is 4.79 Å². The van der Waals surface area contributed by atoms with Crippen molar-refractivity contribution in [2.45, 2.75) is 13.2 Å². The molecule has 0 aromatic heterocycles. The van der Waals surface area contributed by atoms with E-state index >= 15 is 0 Å². The van der Waals surface area contributed by atoms with Crippen LogP contribution in [-0.4, -0.2) is 16.0 Å². The van der Waals surface area contributed by atoms with E-state index in [1.54, 1.807) is 36.4 Å². The van der Waals surface area contributed by atoms with Gasteiger partial charge >= 0.3 is 0 Å². The van der Waals surface area contributed by atoms with Gasteiger partial charge in [-0.25, -0.2) is 0 Å². The summed E-state index contributed by atoms with van der Waals surface area (Å²) in [5, 5.41) is 0.839. The zero-order valence-electron chi connectivity index (χ0n) is 16.6. The van der Waals surface area contributed by atoms with Gasteiger partial charge in [-0.2, -0.15) is 0 Å².